The van der Waals surface area contributed by atoms with Crippen LogP contribution in [0.15, 0.2) is 35.0 Å². The van der Waals surface area contributed by atoms with Crippen LogP contribution in [0.5, 0.6) is 11.5 Å². The van der Waals surface area contributed by atoms with Gasteiger partial charge in [-0.2, -0.15) is 11.3 Å². The molecule has 2 rings (SSSR count). The molecule has 102 valence electrons. The van der Waals surface area contributed by atoms with Crippen LogP contribution in [0.25, 0.3) is 0 Å². The van der Waals surface area contributed by atoms with Crippen LogP contribution in [-0.2, 0) is 13.0 Å². The lowest BCUT2D eigenvalue weighted by Crippen LogP contribution is -2.04. The number of thiophene rings is 1. The fourth-order valence-corrected chi connectivity index (χ4v) is 2.45. The normalized spacial score (nSPS) is 10.4. The highest BCUT2D eigenvalue weighted by atomic mass is 32.1. The van der Waals surface area contributed by atoms with Crippen molar-refractivity contribution in [2.75, 3.05) is 13.2 Å². The van der Waals surface area contributed by atoms with Crippen LogP contribution in [0.1, 0.15) is 18.1 Å². The predicted octanol–water partition coefficient (Wildman–Crippen LogP) is 3.23. The van der Waals surface area contributed by atoms with E-state index in [0.717, 1.165) is 17.9 Å². The standard InChI is InChI=1S/C15H19NO2S/c1-2-17-15-9-12(5-7-16)3-4-14(15)18-10-13-6-8-19-11-13/h3-4,6,8-9,11H,2,5,7,10,16H2,1H3. The Balaban J connectivity index is 2.09. The average molecular weight is 277 g/mol. The molecule has 0 fully saturated rings. The number of hydrogen-bond donors (Lipinski definition) is 1. The van der Waals surface area contributed by atoms with E-state index >= 15 is 0 Å². The van der Waals surface area contributed by atoms with Gasteiger partial charge in [-0.15, -0.1) is 0 Å². The first-order valence-corrected chi connectivity index (χ1v) is 7.37. The highest BCUT2D eigenvalue weighted by Gasteiger charge is 2.07. The lowest BCUT2D eigenvalue weighted by molar-refractivity contribution is 0.269. The van der Waals surface area contributed by atoms with Gasteiger partial charge in [-0.25, -0.2) is 0 Å². The van der Waals surface area contributed by atoms with Crippen molar-refractivity contribution in [1.29, 1.82) is 0 Å². The summed E-state index contributed by atoms with van der Waals surface area (Å²) < 4.78 is 11.4. The van der Waals surface area contributed by atoms with Crippen LogP contribution in [0.2, 0.25) is 0 Å². The molecule has 2 aromatic rings. The van der Waals surface area contributed by atoms with Crippen molar-refractivity contribution in [1.82, 2.24) is 0 Å². The number of benzene rings is 1. The van der Waals surface area contributed by atoms with E-state index < -0.39 is 0 Å². The summed E-state index contributed by atoms with van der Waals surface area (Å²) in [6.07, 6.45) is 0.852. The SMILES string of the molecule is CCOc1cc(CCN)ccc1OCc1ccsc1. The maximum Gasteiger partial charge on any atom is 0.161 e. The van der Waals surface area contributed by atoms with E-state index in [1.807, 2.05) is 30.5 Å². The Morgan fingerprint density at radius 1 is 1.11 bits per heavy atom. The molecule has 0 atom stereocenters. The van der Waals surface area contributed by atoms with E-state index in [1.54, 1.807) is 11.3 Å². The van der Waals surface area contributed by atoms with Gasteiger partial charge in [-0.3, -0.25) is 0 Å². The van der Waals surface area contributed by atoms with Crippen LogP contribution in [0, 0.1) is 0 Å². The van der Waals surface area contributed by atoms with Gasteiger partial charge < -0.3 is 15.2 Å². The smallest absolute Gasteiger partial charge is 0.161 e. The number of ether oxygens (including phenoxy) is 2. The van der Waals surface area contributed by atoms with E-state index in [1.165, 1.54) is 11.1 Å². The van der Waals surface area contributed by atoms with Gasteiger partial charge in [-0.1, -0.05) is 6.07 Å². The molecule has 0 aliphatic heterocycles. The third kappa shape index (κ3) is 3.98. The molecule has 1 aromatic carbocycles. The molecule has 0 radical (unpaired) electrons. The first-order chi connectivity index (χ1) is 9.33. The van der Waals surface area contributed by atoms with Gasteiger partial charge in [0.05, 0.1) is 6.61 Å². The van der Waals surface area contributed by atoms with Gasteiger partial charge in [-0.05, 0) is 60.0 Å². The first-order valence-electron chi connectivity index (χ1n) is 6.43. The van der Waals surface area contributed by atoms with Crippen molar-refractivity contribution >= 4 is 11.3 Å². The zero-order valence-electron chi connectivity index (χ0n) is 11.1. The highest BCUT2D eigenvalue weighted by molar-refractivity contribution is 7.07. The van der Waals surface area contributed by atoms with Crippen LogP contribution in [0.3, 0.4) is 0 Å². The monoisotopic (exact) mass is 277 g/mol. The average Bonchev–Trinajstić information content (AvgIpc) is 2.92. The molecule has 3 nitrogen and oxygen atoms in total. The molecule has 1 aromatic heterocycles. The molecule has 2 N–H and O–H groups in total. The summed E-state index contributed by atoms with van der Waals surface area (Å²) in [6.45, 7) is 3.81. The zero-order chi connectivity index (χ0) is 13.5. The molecule has 4 heteroatoms. The third-order valence-electron chi connectivity index (χ3n) is 2.72. The molecule has 0 saturated carbocycles. The van der Waals surface area contributed by atoms with Crippen LogP contribution in [-0.4, -0.2) is 13.2 Å². The van der Waals surface area contributed by atoms with Gasteiger partial charge in [0, 0.05) is 0 Å². The fourth-order valence-electron chi connectivity index (χ4n) is 1.80. The van der Waals surface area contributed by atoms with Crippen molar-refractivity contribution < 1.29 is 9.47 Å². The lowest BCUT2D eigenvalue weighted by atomic mass is 10.1. The maximum absolute atomic E-state index is 5.82. The minimum absolute atomic E-state index is 0.569. The second-order valence-corrected chi connectivity index (χ2v) is 4.95. The number of nitrogens with two attached hydrogens (primary N) is 1. The van der Waals surface area contributed by atoms with Crippen LogP contribution < -0.4 is 15.2 Å². The highest BCUT2D eigenvalue weighted by Crippen LogP contribution is 2.29. The van der Waals surface area contributed by atoms with Crippen molar-refractivity contribution in [2.45, 2.75) is 20.0 Å². The Morgan fingerprint density at radius 2 is 2.00 bits per heavy atom. The summed E-state index contributed by atoms with van der Waals surface area (Å²) in [5.74, 6) is 1.58. The van der Waals surface area contributed by atoms with E-state index in [0.29, 0.717) is 19.8 Å². The summed E-state index contributed by atoms with van der Waals surface area (Å²) in [5, 5.41) is 4.13. The Morgan fingerprint density at radius 3 is 2.68 bits per heavy atom. The fraction of sp³-hybridized carbons (Fsp3) is 0.333. The first kappa shape index (κ1) is 13.9. The van der Waals surface area contributed by atoms with Crippen molar-refractivity contribution in [3.05, 3.63) is 46.2 Å². The second-order valence-electron chi connectivity index (χ2n) is 4.17. The predicted molar refractivity (Wildman–Crippen MR) is 79.0 cm³/mol. The summed E-state index contributed by atoms with van der Waals surface area (Å²) in [7, 11) is 0. The molecule has 0 unspecified atom stereocenters. The van der Waals surface area contributed by atoms with Gasteiger partial charge in [0.15, 0.2) is 11.5 Å². The quantitative estimate of drug-likeness (QED) is 0.845. The van der Waals surface area contributed by atoms with Crippen molar-refractivity contribution in [2.24, 2.45) is 5.73 Å². The molecule has 0 amide bonds. The number of hydrogen-bond acceptors (Lipinski definition) is 4. The van der Waals surface area contributed by atoms with Gasteiger partial charge in [0.1, 0.15) is 6.61 Å². The minimum Gasteiger partial charge on any atom is -0.490 e. The molecule has 0 aliphatic carbocycles. The Labute approximate surface area is 118 Å². The maximum atomic E-state index is 5.82. The molecule has 0 spiro atoms. The Kier molecular flexibility index (Phi) is 5.24. The topological polar surface area (TPSA) is 44.5 Å². The van der Waals surface area contributed by atoms with Crippen molar-refractivity contribution in [3.63, 3.8) is 0 Å². The minimum atomic E-state index is 0.569. The van der Waals surface area contributed by atoms with Gasteiger partial charge in [0.2, 0.25) is 0 Å². The summed E-state index contributed by atoms with van der Waals surface area (Å²) in [4.78, 5) is 0. The third-order valence-corrected chi connectivity index (χ3v) is 3.45. The lowest BCUT2D eigenvalue weighted by Gasteiger charge is -2.13. The summed E-state index contributed by atoms with van der Waals surface area (Å²) >= 11 is 1.67. The molecular weight excluding hydrogens is 258 g/mol. The zero-order valence-corrected chi connectivity index (χ0v) is 11.9. The second kappa shape index (κ2) is 7.16. The summed E-state index contributed by atoms with van der Waals surface area (Å²) in [5.41, 5.74) is 7.93. The Hall–Kier alpha value is -1.52. The molecule has 0 aliphatic rings. The largest absolute Gasteiger partial charge is 0.490 e. The van der Waals surface area contributed by atoms with Gasteiger partial charge >= 0.3 is 0 Å². The summed E-state index contributed by atoms with van der Waals surface area (Å²) in [6, 6.07) is 8.08. The van der Waals surface area contributed by atoms with E-state index in [2.05, 4.69) is 11.4 Å². The van der Waals surface area contributed by atoms with E-state index in [9.17, 15) is 0 Å². The molecule has 0 saturated heterocycles. The van der Waals surface area contributed by atoms with Crippen LogP contribution >= 0.6 is 11.3 Å². The number of rotatable bonds is 7. The molecular formula is C15H19NO2S. The van der Waals surface area contributed by atoms with Crippen LogP contribution in [0.4, 0.5) is 0 Å². The molecule has 1 heterocycles. The molecule has 19 heavy (non-hydrogen) atoms. The van der Waals surface area contributed by atoms with Crippen molar-refractivity contribution in [3.8, 4) is 11.5 Å². The van der Waals surface area contributed by atoms with E-state index in [4.69, 9.17) is 15.2 Å². The van der Waals surface area contributed by atoms with Gasteiger partial charge in [0.25, 0.3) is 0 Å². The molecule has 0 bridgehead atoms. The Bertz CT molecular complexity index is 497. The van der Waals surface area contributed by atoms with E-state index in [-0.39, 0.29) is 0 Å².